The van der Waals surface area contributed by atoms with E-state index in [1.807, 2.05) is 0 Å². The van der Waals surface area contributed by atoms with Gasteiger partial charge in [-0.3, -0.25) is 29.4 Å². The monoisotopic (exact) mass is 764 g/mol. The third-order valence-corrected chi connectivity index (χ3v) is 6.43. The Morgan fingerprint density at radius 1 is 0.450 bits per heavy atom. The number of hydrogen-bond donors (Lipinski definition) is 6. The fraction of sp³-hybridized carbons (Fsp3) is 1.00. The van der Waals surface area contributed by atoms with Crippen molar-refractivity contribution in [2.45, 2.75) is 22.9 Å². The van der Waals surface area contributed by atoms with Gasteiger partial charge in [0.15, 0.2) is 0 Å². The van der Waals surface area contributed by atoms with Gasteiger partial charge in [0.25, 0.3) is 0 Å². The van der Waals surface area contributed by atoms with Crippen LogP contribution in [0.25, 0.3) is 0 Å². The van der Waals surface area contributed by atoms with E-state index in [-0.39, 0.29) is 0 Å². The minimum absolute atomic E-state index is 2.16. The second kappa shape index (κ2) is 14.3. The largest absolute Gasteiger partial charge is 0.525 e. The van der Waals surface area contributed by atoms with E-state index in [1.54, 1.807) is 0 Å². The van der Waals surface area contributed by atoms with Gasteiger partial charge in [0.1, 0.15) is 0 Å². The fourth-order valence-corrected chi connectivity index (χ4v) is 3.87. The number of rotatable bonds is 6. The van der Waals surface area contributed by atoms with Crippen molar-refractivity contribution in [1.82, 2.24) is 0 Å². The summed E-state index contributed by atoms with van der Waals surface area (Å²) in [5.74, 6) is 0. The molecule has 0 aliphatic rings. The van der Waals surface area contributed by atoms with E-state index >= 15 is 0 Å². The van der Waals surface area contributed by atoms with Crippen molar-refractivity contribution < 1.29 is 133 Å². The van der Waals surface area contributed by atoms with E-state index < -0.39 is 74.7 Å². The second-order valence-electron chi connectivity index (χ2n) is 4.94. The minimum Gasteiger partial charge on any atom is -0.299 e. The molecule has 0 aliphatic carbocycles. The molecule has 2 unspecified atom stereocenters. The third kappa shape index (κ3) is 22.2. The van der Waals surface area contributed by atoms with Crippen LogP contribution in [0.15, 0.2) is 0 Å². The van der Waals surface area contributed by atoms with Gasteiger partial charge in [-0.15, -0.1) is 16.8 Å². The summed E-state index contributed by atoms with van der Waals surface area (Å²) in [6.07, 6.45) is -13.2. The van der Waals surface area contributed by atoms with Crippen LogP contribution in [0.2, 0.25) is 0 Å². The Morgan fingerprint density at radius 2 is 0.575 bits per heavy atom. The van der Waals surface area contributed by atoms with Gasteiger partial charge in [-0.2, -0.15) is 68.7 Å². The molecule has 0 amide bonds. The van der Waals surface area contributed by atoms with Gasteiger partial charge < -0.3 is 0 Å². The summed E-state index contributed by atoms with van der Waals surface area (Å²) < 4.78 is 241. The van der Waals surface area contributed by atoms with Crippen molar-refractivity contribution in [3.8, 4) is 0 Å². The molecule has 0 heterocycles. The van der Waals surface area contributed by atoms with E-state index in [0.29, 0.717) is 0 Å². The zero-order chi connectivity index (χ0) is 34.4. The van der Waals surface area contributed by atoms with Crippen molar-refractivity contribution in [3.05, 3.63) is 0 Å². The molecule has 0 spiro atoms. The van der Waals surface area contributed by atoms with Crippen LogP contribution >= 0.6 is 31.6 Å². The van der Waals surface area contributed by atoms with Crippen LogP contribution in [-0.2, 0) is 46.4 Å². The maximum Gasteiger partial charge on any atom is 0.525 e. The lowest BCUT2D eigenvalue weighted by atomic mass is 10.7. The van der Waals surface area contributed by atoms with Crippen LogP contribution in [0.4, 0.5) is 60.7 Å². The summed E-state index contributed by atoms with van der Waals surface area (Å²) >= 11 is 0. The van der Waals surface area contributed by atoms with Crippen LogP contribution in [0.3, 0.4) is 0 Å². The molecule has 6 N–H and O–H groups in total. The Kier molecular flexibility index (Phi) is 16.6. The summed E-state index contributed by atoms with van der Waals surface area (Å²) in [6, 6.07) is 0. The highest BCUT2D eigenvalue weighted by Gasteiger charge is 2.70. The first-order valence-electron chi connectivity index (χ1n) is 6.77. The lowest BCUT2D eigenvalue weighted by Gasteiger charge is -2.18. The van der Waals surface area contributed by atoms with Gasteiger partial charge in [0.2, 0.25) is 0 Å². The minimum atomic E-state index is -6.92. The molecular weight excluding hydrogens is 758 g/mol. The maximum atomic E-state index is 12.0. The van der Waals surface area contributed by atoms with Crippen molar-refractivity contribution in [1.29, 1.82) is 0 Å². The Bertz CT molecular complexity index is 1100. The number of alkyl halides is 10. The van der Waals surface area contributed by atoms with Gasteiger partial charge in [-0.1, -0.05) is 0 Å². The molecule has 248 valence electrons. The Hall–Kier alpha value is -0.480. The molecular formula is C4H6F14O16P4S2. The van der Waals surface area contributed by atoms with Crippen LogP contribution in [0, 0.1) is 0 Å². The average Bonchev–Trinajstić information content (AvgIpc) is 2.44. The van der Waals surface area contributed by atoms with Gasteiger partial charge in [-0.05, 0) is 0 Å². The summed E-state index contributed by atoms with van der Waals surface area (Å²) in [5, 5.41) is -13.0. The predicted octanol–water partition coefficient (Wildman–Crippen LogP) is 3.21. The Balaban J connectivity index is -0.000000243. The van der Waals surface area contributed by atoms with Crippen LogP contribution in [0.1, 0.15) is 0 Å². The summed E-state index contributed by atoms with van der Waals surface area (Å²) in [7, 11) is -37.2. The third-order valence-electron chi connectivity index (χ3n) is 1.67. The molecule has 0 aromatic heterocycles. The smallest absolute Gasteiger partial charge is 0.299 e. The molecule has 40 heavy (non-hydrogen) atoms. The van der Waals surface area contributed by atoms with E-state index in [2.05, 4.69) is 7.94 Å². The highest BCUT2D eigenvalue weighted by atomic mass is 32.2. The van der Waals surface area contributed by atoms with Crippen LogP contribution < -0.4 is 0 Å². The molecule has 2 atom stereocenters. The Labute approximate surface area is 208 Å². The molecule has 0 fully saturated rings. The SMILES string of the molecule is O=P(O)(F)OS(=O)(=O)C(F)(F)C(F)(F)F.O=P(O)(F)OS(=O)(=O)C(F)(F)C(F)(F)F.O=P(O)(O)F.O=P(O)(O)F. The predicted molar refractivity (Wildman–Crippen MR) is 90.2 cm³/mol. The molecule has 0 saturated carbocycles. The lowest BCUT2D eigenvalue weighted by molar-refractivity contribution is -0.243. The van der Waals surface area contributed by atoms with Gasteiger partial charge >= 0.3 is 74.7 Å². The Morgan fingerprint density at radius 3 is 0.650 bits per heavy atom. The molecule has 0 bridgehead atoms. The lowest BCUT2D eigenvalue weighted by Crippen LogP contribution is -2.44. The molecule has 36 heteroatoms. The van der Waals surface area contributed by atoms with Crippen molar-refractivity contribution >= 4 is 51.9 Å². The number of hydrogen-bond acceptors (Lipinski definition) is 10. The fourth-order valence-electron chi connectivity index (χ4n) is 0.619. The van der Waals surface area contributed by atoms with Crippen molar-refractivity contribution in [2.24, 2.45) is 0 Å². The molecule has 0 aliphatic heterocycles. The number of halogens is 14. The quantitative estimate of drug-likeness (QED) is 0.167. The molecule has 0 aromatic rings. The van der Waals surface area contributed by atoms with Gasteiger partial charge in [0, 0.05) is 0 Å². The standard InChI is InChI=1S/2C2HF6O5PS.2FH2O3P/c2*3-1(4,5)2(6,7)15(11,12)13-14(8,9)10;2*1-5(2,3)4/h2*(H,9,10);2*(H2,2,3,4). The zero-order valence-corrected chi connectivity index (χ0v) is 21.9. The van der Waals surface area contributed by atoms with Gasteiger partial charge in [0.05, 0.1) is 0 Å². The summed E-state index contributed by atoms with van der Waals surface area (Å²) in [5.41, 5.74) is 0. The topological polar surface area (TPSA) is 276 Å². The van der Waals surface area contributed by atoms with Crippen molar-refractivity contribution in [2.75, 3.05) is 0 Å². The average molecular weight is 764 g/mol. The summed E-state index contributed by atoms with van der Waals surface area (Å²) in [4.78, 5) is 43.0. The van der Waals surface area contributed by atoms with Crippen LogP contribution in [0.5, 0.6) is 0 Å². The van der Waals surface area contributed by atoms with Crippen LogP contribution in [-0.4, -0.2) is 69.1 Å². The summed E-state index contributed by atoms with van der Waals surface area (Å²) in [6.45, 7) is 0. The van der Waals surface area contributed by atoms with E-state index in [1.165, 1.54) is 0 Å². The van der Waals surface area contributed by atoms with E-state index in [9.17, 15) is 86.7 Å². The normalized spacial score (nSPS) is 16.9. The van der Waals surface area contributed by atoms with E-state index in [4.69, 9.17) is 38.5 Å². The molecule has 0 rings (SSSR count). The van der Waals surface area contributed by atoms with E-state index in [0.717, 1.165) is 0 Å². The molecule has 16 nitrogen and oxygen atoms in total. The van der Waals surface area contributed by atoms with Gasteiger partial charge in [-0.25, -0.2) is 18.3 Å². The molecule has 0 saturated heterocycles. The van der Waals surface area contributed by atoms with Crippen molar-refractivity contribution in [3.63, 3.8) is 0 Å². The zero-order valence-electron chi connectivity index (χ0n) is 16.7. The molecule has 0 radical (unpaired) electrons. The second-order valence-corrected chi connectivity index (χ2v) is 12.7. The maximum absolute atomic E-state index is 12.0. The first-order chi connectivity index (χ1) is 16.4. The first-order valence-corrected chi connectivity index (χ1v) is 15.5. The highest BCUT2D eigenvalue weighted by molar-refractivity contribution is 7.92. The first kappa shape index (κ1) is 46.5. The highest BCUT2D eigenvalue weighted by Crippen LogP contribution is 2.52. The molecule has 0 aromatic carbocycles.